The lowest BCUT2D eigenvalue weighted by molar-refractivity contribution is -0.130. The Labute approximate surface area is 118 Å². The van der Waals surface area contributed by atoms with Crippen LogP contribution in [-0.2, 0) is 4.79 Å². The van der Waals surface area contributed by atoms with Crippen LogP contribution in [0, 0.1) is 17.3 Å². The minimum Gasteiger partial charge on any atom is -0.342 e. The Morgan fingerprint density at radius 3 is 2.58 bits per heavy atom. The molecule has 0 aliphatic heterocycles. The van der Waals surface area contributed by atoms with E-state index in [1.165, 1.54) is 51.4 Å². The quantitative estimate of drug-likeness (QED) is 0.571. The predicted octanol–water partition coefficient (Wildman–Crippen LogP) is 4.24. The normalized spacial score (nSPS) is 29.3. The molecule has 110 valence electrons. The van der Waals surface area contributed by atoms with E-state index in [9.17, 15) is 4.79 Å². The van der Waals surface area contributed by atoms with Crippen molar-refractivity contribution in [3.05, 3.63) is 0 Å². The molecule has 2 rings (SSSR count). The highest BCUT2D eigenvalue weighted by Gasteiger charge is 2.50. The highest BCUT2D eigenvalue weighted by atomic mass is 16.2. The molecule has 0 aromatic rings. The third-order valence-corrected chi connectivity index (χ3v) is 5.12. The number of nitrogens with zero attached hydrogens (tertiary/aromatic N) is 1. The van der Waals surface area contributed by atoms with Gasteiger partial charge in [-0.05, 0) is 42.9 Å². The summed E-state index contributed by atoms with van der Waals surface area (Å²) in [5, 5.41) is 0. The maximum absolute atomic E-state index is 11.7. The van der Waals surface area contributed by atoms with Crippen LogP contribution in [0.5, 0.6) is 0 Å². The van der Waals surface area contributed by atoms with E-state index in [1.807, 2.05) is 0 Å². The number of carbonyl (C=O) groups excluding carboxylic acids is 1. The molecule has 0 radical (unpaired) electrons. The second kappa shape index (κ2) is 6.28. The second-order valence-electron chi connectivity index (χ2n) is 7.25. The minimum absolute atomic E-state index is 0.282. The molecule has 0 saturated heterocycles. The molecule has 0 aromatic carbocycles. The van der Waals surface area contributed by atoms with Gasteiger partial charge in [0.05, 0.1) is 0 Å². The van der Waals surface area contributed by atoms with Crippen molar-refractivity contribution in [2.24, 2.45) is 17.3 Å². The first kappa shape index (κ1) is 14.9. The van der Waals surface area contributed by atoms with Gasteiger partial charge in [0.1, 0.15) is 0 Å². The Balaban J connectivity index is 1.70. The van der Waals surface area contributed by atoms with Gasteiger partial charge in [0.15, 0.2) is 0 Å². The Morgan fingerprint density at radius 1 is 1.26 bits per heavy atom. The van der Waals surface area contributed by atoms with Crippen LogP contribution in [0.2, 0.25) is 0 Å². The van der Waals surface area contributed by atoms with Gasteiger partial charge in [-0.25, -0.2) is 0 Å². The number of carbonyl (C=O) groups is 1. The molecule has 2 aliphatic rings. The molecule has 19 heavy (non-hydrogen) atoms. The van der Waals surface area contributed by atoms with Gasteiger partial charge in [-0.3, -0.25) is 4.79 Å². The summed E-state index contributed by atoms with van der Waals surface area (Å²) in [5.74, 6) is 1.98. The molecule has 2 nitrogen and oxygen atoms in total. The molecule has 0 spiro atoms. The second-order valence-corrected chi connectivity index (χ2v) is 7.25. The van der Waals surface area contributed by atoms with Gasteiger partial charge in [-0.2, -0.15) is 0 Å². The summed E-state index contributed by atoms with van der Waals surface area (Å²) in [6.45, 7) is 8.43. The summed E-state index contributed by atoms with van der Waals surface area (Å²) < 4.78 is 0. The highest BCUT2D eigenvalue weighted by molar-refractivity contribution is 5.73. The summed E-state index contributed by atoms with van der Waals surface area (Å²) in [7, 11) is 0. The monoisotopic (exact) mass is 265 g/mol. The van der Waals surface area contributed by atoms with Gasteiger partial charge in [-0.15, -0.1) is 0 Å². The fourth-order valence-electron chi connectivity index (χ4n) is 3.32. The van der Waals surface area contributed by atoms with Gasteiger partial charge in [0.25, 0.3) is 0 Å². The molecular formula is C17H31NO. The minimum atomic E-state index is 0.282. The topological polar surface area (TPSA) is 20.3 Å². The zero-order chi connectivity index (χ0) is 13.9. The van der Waals surface area contributed by atoms with Gasteiger partial charge < -0.3 is 4.90 Å². The van der Waals surface area contributed by atoms with Crippen LogP contribution in [0.4, 0.5) is 0 Å². The Kier molecular flexibility index (Phi) is 4.92. The van der Waals surface area contributed by atoms with E-state index in [0.717, 1.165) is 24.9 Å². The number of hydrogen-bond donors (Lipinski definition) is 0. The summed E-state index contributed by atoms with van der Waals surface area (Å²) >= 11 is 0. The van der Waals surface area contributed by atoms with Crippen LogP contribution >= 0.6 is 0 Å². The Morgan fingerprint density at radius 2 is 2.00 bits per heavy atom. The van der Waals surface area contributed by atoms with Crippen molar-refractivity contribution >= 4 is 5.91 Å². The van der Waals surface area contributed by atoms with E-state index in [-0.39, 0.29) is 5.91 Å². The summed E-state index contributed by atoms with van der Waals surface area (Å²) in [5.41, 5.74) is 0.437. The molecule has 2 fully saturated rings. The van der Waals surface area contributed by atoms with Crippen molar-refractivity contribution in [3.8, 4) is 0 Å². The molecule has 0 bridgehead atoms. The largest absolute Gasteiger partial charge is 0.342 e. The van der Waals surface area contributed by atoms with E-state index in [2.05, 4.69) is 18.7 Å². The van der Waals surface area contributed by atoms with Crippen LogP contribution in [0.1, 0.15) is 72.1 Å². The first-order valence-electron chi connectivity index (χ1n) is 8.30. The first-order chi connectivity index (χ1) is 9.05. The van der Waals surface area contributed by atoms with Gasteiger partial charge >= 0.3 is 0 Å². The smallest absolute Gasteiger partial charge is 0.219 e. The lowest BCUT2D eigenvalue weighted by Gasteiger charge is -2.25. The molecule has 2 aliphatic carbocycles. The van der Waals surface area contributed by atoms with Crippen molar-refractivity contribution in [2.45, 2.75) is 72.1 Å². The predicted molar refractivity (Wildman–Crippen MR) is 80.0 cm³/mol. The van der Waals surface area contributed by atoms with Gasteiger partial charge in [-0.1, -0.05) is 39.5 Å². The van der Waals surface area contributed by atoms with Crippen LogP contribution in [0.3, 0.4) is 0 Å². The zero-order valence-corrected chi connectivity index (χ0v) is 13.1. The van der Waals surface area contributed by atoms with Crippen LogP contribution in [-0.4, -0.2) is 23.9 Å². The van der Waals surface area contributed by atoms with Gasteiger partial charge in [0.2, 0.25) is 5.91 Å². The van der Waals surface area contributed by atoms with Crippen molar-refractivity contribution in [1.29, 1.82) is 0 Å². The van der Waals surface area contributed by atoms with E-state index < -0.39 is 0 Å². The molecule has 0 N–H and O–H groups in total. The SMILES string of the molecule is CCCCCCC1CC1(C)CN(CC1CC1)C(C)=O. The van der Waals surface area contributed by atoms with E-state index in [1.54, 1.807) is 6.92 Å². The molecule has 2 saturated carbocycles. The first-order valence-corrected chi connectivity index (χ1v) is 8.30. The maximum Gasteiger partial charge on any atom is 0.219 e. The molecular weight excluding hydrogens is 234 g/mol. The maximum atomic E-state index is 11.7. The fourth-order valence-corrected chi connectivity index (χ4v) is 3.32. The number of amides is 1. The number of rotatable bonds is 9. The summed E-state index contributed by atoms with van der Waals surface area (Å²) in [6, 6.07) is 0. The molecule has 2 atom stereocenters. The lowest BCUT2D eigenvalue weighted by atomic mass is 10.0. The standard InChI is InChI=1S/C17H31NO/c1-4-5-6-7-8-16-11-17(16,3)13-18(14(2)19)12-15-9-10-15/h15-16H,4-13H2,1-3H3. The van der Waals surface area contributed by atoms with Crippen molar-refractivity contribution in [2.75, 3.05) is 13.1 Å². The third kappa shape index (κ3) is 4.50. The van der Waals surface area contributed by atoms with Gasteiger partial charge in [0, 0.05) is 20.0 Å². The zero-order valence-electron chi connectivity index (χ0n) is 13.1. The third-order valence-electron chi connectivity index (χ3n) is 5.12. The molecule has 0 aromatic heterocycles. The van der Waals surface area contributed by atoms with E-state index >= 15 is 0 Å². The van der Waals surface area contributed by atoms with Crippen molar-refractivity contribution < 1.29 is 4.79 Å². The number of hydrogen-bond acceptors (Lipinski definition) is 1. The fraction of sp³-hybridized carbons (Fsp3) is 0.941. The lowest BCUT2D eigenvalue weighted by Crippen LogP contribution is -2.35. The average molecular weight is 265 g/mol. The molecule has 1 amide bonds. The Hall–Kier alpha value is -0.530. The average Bonchev–Trinajstić information content (AvgIpc) is 3.24. The van der Waals surface area contributed by atoms with E-state index in [4.69, 9.17) is 0 Å². The number of unbranched alkanes of at least 4 members (excludes halogenated alkanes) is 3. The molecule has 0 heterocycles. The van der Waals surface area contributed by atoms with Crippen LogP contribution < -0.4 is 0 Å². The highest BCUT2D eigenvalue weighted by Crippen LogP contribution is 2.55. The Bertz CT molecular complexity index is 310. The van der Waals surface area contributed by atoms with Crippen LogP contribution in [0.25, 0.3) is 0 Å². The van der Waals surface area contributed by atoms with Crippen LogP contribution in [0.15, 0.2) is 0 Å². The molecule has 2 heteroatoms. The van der Waals surface area contributed by atoms with Crippen molar-refractivity contribution in [3.63, 3.8) is 0 Å². The summed E-state index contributed by atoms with van der Waals surface area (Å²) in [6.07, 6.45) is 10.9. The van der Waals surface area contributed by atoms with Crippen molar-refractivity contribution in [1.82, 2.24) is 4.90 Å². The summed E-state index contributed by atoms with van der Waals surface area (Å²) in [4.78, 5) is 13.9. The molecule has 2 unspecified atom stereocenters. The van der Waals surface area contributed by atoms with E-state index in [0.29, 0.717) is 5.41 Å².